The molecule has 28 heteroatoms. The zero-order valence-electron chi connectivity index (χ0n) is 50.5. The molecule has 3 atom stereocenters. The molecule has 6 heterocycles. The number of ketones is 3. The van der Waals surface area contributed by atoms with E-state index < -0.39 is 88.6 Å². The highest BCUT2D eigenvalue weighted by molar-refractivity contribution is 6.43. The van der Waals surface area contributed by atoms with Crippen LogP contribution in [0.3, 0.4) is 0 Å². The molecule has 0 aliphatic carbocycles. The van der Waals surface area contributed by atoms with Crippen molar-refractivity contribution in [3.8, 4) is 6.07 Å². The number of hydrogen-bond donors (Lipinski definition) is 6. The molecule has 6 aliphatic heterocycles. The molecule has 0 aromatic heterocycles. The molecule has 6 aliphatic rings. The number of imide groups is 3. The zero-order valence-corrected chi connectivity index (χ0v) is 50.5. The smallest absolute Gasteiger partial charge is 0.345 e. The fraction of sp³-hybridized carbons (Fsp3) is 0.235. The number of nitrogens with zero attached hydrogens (tertiary/aromatic N) is 4. The molecule has 6 aromatic rings. The Bertz CT molecular complexity index is 4340. The summed E-state index contributed by atoms with van der Waals surface area (Å²) in [6.07, 6.45) is -3.35. The van der Waals surface area contributed by atoms with Crippen molar-refractivity contribution in [3.05, 3.63) is 211 Å². The van der Waals surface area contributed by atoms with Crippen LogP contribution in [0.5, 0.6) is 0 Å². The summed E-state index contributed by atoms with van der Waals surface area (Å²) in [5.74, 6) is -8.50. The first-order valence-corrected chi connectivity index (χ1v) is 29.9. The molecule has 6 aromatic carbocycles. The van der Waals surface area contributed by atoms with Crippen molar-refractivity contribution in [1.29, 1.82) is 5.26 Å². The van der Waals surface area contributed by atoms with E-state index in [1.807, 2.05) is 6.07 Å². The first-order chi connectivity index (χ1) is 45.9. The molecule has 12 rings (SSSR count). The zero-order chi connectivity index (χ0) is 68.7. The van der Waals surface area contributed by atoms with Gasteiger partial charge in [0.1, 0.15) is 18.1 Å². The highest BCUT2D eigenvalue weighted by Gasteiger charge is 2.43. The van der Waals surface area contributed by atoms with Crippen molar-refractivity contribution in [1.82, 2.24) is 46.6 Å². The quantitative estimate of drug-likeness (QED) is 0.0485. The van der Waals surface area contributed by atoms with Crippen LogP contribution in [0.15, 0.2) is 133 Å². The van der Waals surface area contributed by atoms with E-state index in [-0.39, 0.29) is 118 Å². The molecule has 488 valence electrons. The number of benzene rings is 6. The number of piperidine rings is 3. The van der Waals surface area contributed by atoms with Gasteiger partial charge >= 0.3 is 6.18 Å². The molecular formula is C68H55F3N10O15. The van der Waals surface area contributed by atoms with E-state index in [9.17, 15) is 85.1 Å². The van der Waals surface area contributed by atoms with Crippen LogP contribution in [0.2, 0.25) is 0 Å². The maximum absolute atomic E-state index is 12.9. The minimum absolute atomic E-state index is 0.0283. The second kappa shape index (κ2) is 28.4. The summed E-state index contributed by atoms with van der Waals surface area (Å²) in [4.78, 5) is 187. The lowest BCUT2D eigenvalue weighted by atomic mass is 10.0. The number of carbonyl (C=O) groups excluding carboxylic acids is 15. The summed E-state index contributed by atoms with van der Waals surface area (Å²) in [5, 5.41) is 23.2. The third-order valence-corrected chi connectivity index (χ3v) is 16.8. The first kappa shape index (κ1) is 66.8. The number of nitrogens with one attached hydrogen (secondary N) is 6. The van der Waals surface area contributed by atoms with Gasteiger partial charge in [0.15, 0.2) is 0 Å². The summed E-state index contributed by atoms with van der Waals surface area (Å²) in [6, 6.07) is 32.1. The van der Waals surface area contributed by atoms with Gasteiger partial charge in [-0.05, 0) is 107 Å². The maximum Gasteiger partial charge on any atom is 0.416 e. The van der Waals surface area contributed by atoms with Gasteiger partial charge in [0.2, 0.25) is 52.8 Å². The third kappa shape index (κ3) is 14.5. The molecule has 0 radical (unpaired) electrons. The normalized spacial score (nSPS) is 17.8. The Kier molecular flexibility index (Phi) is 19.7. The Balaban J connectivity index is 0.000000157. The lowest BCUT2D eigenvalue weighted by Crippen LogP contribution is -2.52. The molecule has 0 spiro atoms. The molecule has 3 unspecified atom stereocenters. The van der Waals surface area contributed by atoms with Crippen LogP contribution in [0.1, 0.15) is 145 Å². The number of Topliss-reactive ketones (excluding diaryl/α,β-unsaturated/α-hetero) is 3. The van der Waals surface area contributed by atoms with Crippen molar-refractivity contribution in [3.63, 3.8) is 0 Å². The number of amides is 12. The van der Waals surface area contributed by atoms with Crippen LogP contribution in [-0.2, 0) is 88.6 Å². The van der Waals surface area contributed by atoms with E-state index in [1.54, 1.807) is 84.9 Å². The Morgan fingerprint density at radius 1 is 0.427 bits per heavy atom. The second-order valence-electron chi connectivity index (χ2n) is 22.7. The van der Waals surface area contributed by atoms with Crippen LogP contribution < -0.4 is 31.9 Å². The van der Waals surface area contributed by atoms with E-state index in [0.29, 0.717) is 61.2 Å². The first-order valence-electron chi connectivity index (χ1n) is 29.9. The van der Waals surface area contributed by atoms with Crippen LogP contribution in [0.4, 0.5) is 13.2 Å². The molecule has 96 heavy (non-hydrogen) atoms. The lowest BCUT2D eigenvalue weighted by Gasteiger charge is -2.29. The molecule has 6 N–H and O–H groups in total. The molecule has 25 nitrogen and oxygen atoms in total. The Hall–Kier alpha value is -12.2. The van der Waals surface area contributed by atoms with Crippen molar-refractivity contribution in [2.45, 2.75) is 102 Å². The highest BCUT2D eigenvalue weighted by atomic mass is 19.4. The molecule has 3 fully saturated rings. The summed E-state index contributed by atoms with van der Waals surface area (Å²) in [5.41, 5.74) is 4.83. The van der Waals surface area contributed by atoms with Crippen LogP contribution in [0, 0.1) is 11.3 Å². The number of hydrogen-bond acceptors (Lipinski definition) is 16. The predicted molar refractivity (Wildman–Crippen MR) is 325 cm³/mol. The van der Waals surface area contributed by atoms with E-state index in [2.05, 4.69) is 31.9 Å². The van der Waals surface area contributed by atoms with Gasteiger partial charge < -0.3 is 30.7 Å². The minimum atomic E-state index is -4.56. The average Bonchev–Trinajstić information content (AvgIpc) is 1.64. The van der Waals surface area contributed by atoms with Crippen LogP contribution in [-0.4, -0.2) is 121 Å². The van der Waals surface area contributed by atoms with Crippen LogP contribution >= 0.6 is 0 Å². The van der Waals surface area contributed by atoms with Gasteiger partial charge in [-0.2, -0.15) is 18.4 Å². The third-order valence-electron chi connectivity index (χ3n) is 16.8. The summed E-state index contributed by atoms with van der Waals surface area (Å²) < 4.78 is 38.0. The molecule has 3 saturated heterocycles. The average molecular weight is 1310 g/mol. The topological polar surface area (TPSA) is 362 Å². The maximum atomic E-state index is 12.9. The van der Waals surface area contributed by atoms with E-state index in [0.717, 1.165) is 24.3 Å². The van der Waals surface area contributed by atoms with Gasteiger partial charge in [-0.3, -0.25) is 87.9 Å². The molecule has 12 amide bonds. The predicted octanol–water partition coefficient (Wildman–Crippen LogP) is 3.73. The number of nitriles is 1. The standard InChI is InChI=1S/C23H18F3N3O5.C23H18N4O5.C22H19N3O5/c24-23(25,26)14-6-4-12(5-7-14)19(31)21(33)27-10-13-2-1-3-15-16(13)11-29(22(15)34)17-8-9-18(30)28-20(17)32;24-10-13-4-6-14(7-5-13)20(29)22(31)25-11-15-2-1-3-16-17(15)12-27(23(16)32)18-8-9-19(28)26-21(18)30;26-18-10-9-17(20(28)24-18)25-12-16-14(7-4-8-15(16)22(25)30)11-23-21(29)19(27)13-5-2-1-3-6-13/h1-7,17H,8-11H2,(H,27,33)(H,28,30,32);1-7,18H,8-9,11-12H2,(H,25,31)(H,26,28,30);1-8,17H,9-12H2,(H,23,29)(H,24,26,28). The fourth-order valence-corrected chi connectivity index (χ4v) is 11.7. The monoisotopic (exact) mass is 1310 g/mol. The van der Waals surface area contributed by atoms with Gasteiger partial charge in [-0.1, -0.05) is 78.9 Å². The van der Waals surface area contributed by atoms with Crippen molar-refractivity contribution in [2.75, 3.05) is 0 Å². The number of halogens is 3. The van der Waals surface area contributed by atoms with Gasteiger partial charge in [-0.25, -0.2) is 0 Å². The Morgan fingerprint density at radius 3 is 1.04 bits per heavy atom. The van der Waals surface area contributed by atoms with Gasteiger partial charge in [0, 0.05) is 91.9 Å². The summed E-state index contributed by atoms with van der Waals surface area (Å²) in [7, 11) is 0. The van der Waals surface area contributed by atoms with E-state index >= 15 is 0 Å². The van der Waals surface area contributed by atoms with Gasteiger partial charge in [-0.15, -0.1) is 0 Å². The van der Waals surface area contributed by atoms with Gasteiger partial charge in [0.25, 0.3) is 35.4 Å². The minimum Gasteiger partial charge on any atom is -0.345 e. The second-order valence-corrected chi connectivity index (χ2v) is 22.7. The summed E-state index contributed by atoms with van der Waals surface area (Å²) >= 11 is 0. The van der Waals surface area contributed by atoms with Crippen molar-refractivity contribution >= 4 is 88.2 Å². The Morgan fingerprint density at radius 2 is 0.740 bits per heavy atom. The molecule has 0 bridgehead atoms. The largest absolute Gasteiger partial charge is 0.416 e. The SMILES string of the molecule is N#Cc1ccc(C(=O)C(=O)NCc2cccc3c2CN(C2CCC(=O)NC2=O)C3=O)cc1.O=C1CCC(N2Cc3c(CNC(=O)C(=O)c4ccc(C(F)(F)F)cc4)cccc3C2=O)C(=O)N1.O=C1CCC(N2Cc3c(CNC(=O)C(=O)c4ccccc4)cccc3C2=O)C(=O)N1. The summed E-state index contributed by atoms with van der Waals surface area (Å²) in [6.45, 7) is 0.483. The Labute approximate surface area is 542 Å². The van der Waals surface area contributed by atoms with E-state index in [1.165, 1.54) is 39.0 Å². The highest BCUT2D eigenvalue weighted by Crippen LogP contribution is 2.34. The van der Waals surface area contributed by atoms with Crippen LogP contribution in [0.25, 0.3) is 0 Å². The number of rotatable bonds is 15. The van der Waals surface area contributed by atoms with Crippen molar-refractivity contribution < 1.29 is 85.1 Å². The van der Waals surface area contributed by atoms with Crippen molar-refractivity contribution in [2.24, 2.45) is 0 Å². The number of fused-ring (bicyclic) bond motifs is 3. The fourth-order valence-electron chi connectivity index (χ4n) is 11.7. The molecular weight excluding hydrogens is 1250 g/mol. The lowest BCUT2D eigenvalue weighted by molar-refractivity contribution is -0.138. The number of carbonyl (C=O) groups is 15. The van der Waals surface area contributed by atoms with E-state index in [4.69, 9.17) is 5.26 Å². The molecule has 0 saturated carbocycles. The van der Waals surface area contributed by atoms with Gasteiger partial charge in [0.05, 0.1) is 17.2 Å². The number of alkyl halides is 3.